The van der Waals surface area contributed by atoms with Crippen LogP contribution >= 0.6 is 23.2 Å². The highest BCUT2D eigenvalue weighted by atomic mass is 35.5. The van der Waals surface area contributed by atoms with Crippen LogP contribution in [0.1, 0.15) is 37.2 Å². The number of nitrogens with zero attached hydrogens (tertiary/aromatic N) is 10. The minimum atomic E-state index is -0.560. The molecule has 6 aromatic rings. The fourth-order valence-corrected chi connectivity index (χ4v) is 5.35. The summed E-state index contributed by atoms with van der Waals surface area (Å²) in [5.41, 5.74) is 2.63. The molecule has 286 valence electrons. The number of carbonyl (C=O) groups excluding carboxylic acids is 2. The number of methoxy groups -OCH3 is 3. The van der Waals surface area contributed by atoms with Crippen LogP contribution in [0.5, 0.6) is 11.5 Å². The van der Waals surface area contributed by atoms with Gasteiger partial charge in [-0.25, -0.2) is 19.6 Å². The van der Waals surface area contributed by atoms with E-state index in [2.05, 4.69) is 61.6 Å². The van der Waals surface area contributed by atoms with E-state index in [9.17, 15) is 14.7 Å². The van der Waals surface area contributed by atoms with Crippen LogP contribution in [-0.4, -0.2) is 88.4 Å². The molecule has 0 aromatic carbocycles. The summed E-state index contributed by atoms with van der Waals surface area (Å²) >= 11 is 12.4. The Morgan fingerprint density at radius 2 is 1.09 bits per heavy atom. The number of anilines is 4. The largest absolute Gasteiger partial charge is 0.506 e. The number of nitrogens with one attached hydrogen (secondary N) is 4. The van der Waals surface area contributed by atoms with Gasteiger partial charge in [-0.3, -0.25) is 9.97 Å². The predicted octanol–water partition coefficient (Wildman–Crippen LogP) is 5.84. The zero-order chi connectivity index (χ0) is 39.5. The number of aromatic hydroxyl groups is 1. The molecule has 6 heterocycles. The number of ether oxygens (including phenoxy) is 3. The van der Waals surface area contributed by atoms with Gasteiger partial charge < -0.3 is 40.6 Å². The molecule has 22 heteroatoms. The third-order valence-electron chi connectivity index (χ3n) is 7.53. The molecule has 0 aliphatic rings. The molecule has 20 nitrogen and oxygen atoms in total. The fraction of sp³-hybridized carbons (Fsp3) is 0.212. The second-order valence-corrected chi connectivity index (χ2v) is 11.8. The lowest BCUT2D eigenvalue weighted by Gasteiger charge is -2.18. The molecule has 0 bridgehead atoms. The highest BCUT2D eigenvalue weighted by molar-refractivity contribution is 6.32. The maximum atomic E-state index is 12.4. The van der Waals surface area contributed by atoms with Gasteiger partial charge in [0, 0.05) is 25.3 Å². The molecule has 0 saturated heterocycles. The number of carbonyl (C=O) groups is 2. The molecule has 0 aliphatic carbocycles. The van der Waals surface area contributed by atoms with Crippen LogP contribution in [0, 0.1) is 0 Å². The van der Waals surface area contributed by atoms with Crippen LogP contribution in [0.3, 0.4) is 0 Å². The zero-order valence-corrected chi connectivity index (χ0v) is 31.3. The second-order valence-electron chi connectivity index (χ2n) is 11.0. The van der Waals surface area contributed by atoms with Crippen molar-refractivity contribution in [2.24, 2.45) is 0 Å². The van der Waals surface area contributed by atoms with Gasteiger partial charge in [0.25, 0.3) is 0 Å². The summed E-state index contributed by atoms with van der Waals surface area (Å²) in [4.78, 5) is 43.6. The maximum Gasteiger partial charge on any atom is 0.323 e. The molecule has 2 atom stereocenters. The predicted molar refractivity (Wildman–Crippen MR) is 201 cm³/mol. The number of amides is 4. The molecule has 55 heavy (non-hydrogen) atoms. The average molecular weight is 794 g/mol. The van der Waals surface area contributed by atoms with E-state index in [-0.39, 0.29) is 21.9 Å². The van der Waals surface area contributed by atoms with E-state index in [0.29, 0.717) is 51.3 Å². The first-order valence-corrected chi connectivity index (χ1v) is 16.7. The maximum absolute atomic E-state index is 12.4. The van der Waals surface area contributed by atoms with Gasteiger partial charge in [-0.05, 0) is 26.0 Å². The van der Waals surface area contributed by atoms with Crippen molar-refractivity contribution >= 4 is 58.0 Å². The SMILES string of the molecule is COC(C)c1c(O)cncc1NC(=O)Nc1cnc(-n2nccn2)c(Cl)c1.COc1cncc(NC(=O)Nc2cnc(-n3nccn3)c(Cl)c2)c1C(C)OC. The van der Waals surface area contributed by atoms with E-state index in [1.165, 1.54) is 85.7 Å². The van der Waals surface area contributed by atoms with Gasteiger partial charge in [0.1, 0.15) is 11.5 Å². The smallest absolute Gasteiger partial charge is 0.323 e. The molecule has 0 radical (unpaired) electrons. The number of hydrogen-bond donors (Lipinski definition) is 5. The van der Waals surface area contributed by atoms with Crippen molar-refractivity contribution in [3.63, 3.8) is 0 Å². The van der Waals surface area contributed by atoms with Crippen LogP contribution in [0.4, 0.5) is 32.3 Å². The zero-order valence-electron chi connectivity index (χ0n) is 29.8. The number of urea groups is 2. The topological polar surface area (TPSA) is 243 Å². The average Bonchev–Trinajstić information content (AvgIpc) is 3.91. The third kappa shape index (κ3) is 9.94. The van der Waals surface area contributed by atoms with Gasteiger partial charge in [-0.15, -0.1) is 9.59 Å². The highest BCUT2D eigenvalue weighted by Gasteiger charge is 2.20. The van der Waals surface area contributed by atoms with Gasteiger partial charge in [-0.2, -0.15) is 20.4 Å². The van der Waals surface area contributed by atoms with Crippen LogP contribution in [-0.2, 0) is 9.47 Å². The van der Waals surface area contributed by atoms with Gasteiger partial charge in [0.15, 0.2) is 11.6 Å². The lowest BCUT2D eigenvalue weighted by atomic mass is 10.1. The molecule has 0 spiro atoms. The lowest BCUT2D eigenvalue weighted by Crippen LogP contribution is -2.21. The Labute approximate surface area is 323 Å². The molecule has 4 amide bonds. The molecule has 2 unspecified atom stereocenters. The van der Waals surface area contributed by atoms with Crippen molar-refractivity contribution in [3.05, 3.63) is 95.3 Å². The standard InChI is InChI=1S/C17H18ClN7O3.C16H16ClN7O3/c1-10(27-2)15-13(8-19-9-14(15)28-3)24-17(26)23-11-6-12(18)16(20-7-11)25-21-4-5-22-25;1-9(27-2)14-12(7-18-8-13(14)25)23-16(26)22-10-5-11(17)15(19-6-10)24-20-3-4-21-24/h4-10H,1-3H3,(H2,23,24,26);3-9,25H,1-2H3,(H2,22,23,26). The Balaban J connectivity index is 0.000000211. The summed E-state index contributed by atoms with van der Waals surface area (Å²) in [6.07, 6.45) is 13.9. The highest BCUT2D eigenvalue weighted by Crippen LogP contribution is 2.34. The first kappa shape index (κ1) is 39.7. The molecule has 0 fully saturated rings. The van der Waals surface area contributed by atoms with Gasteiger partial charge in [-0.1, -0.05) is 23.2 Å². The Morgan fingerprint density at radius 1 is 0.655 bits per heavy atom. The van der Waals surface area contributed by atoms with E-state index < -0.39 is 18.2 Å². The van der Waals surface area contributed by atoms with Crippen molar-refractivity contribution < 1.29 is 28.9 Å². The van der Waals surface area contributed by atoms with Crippen molar-refractivity contribution in [2.75, 3.05) is 42.6 Å². The van der Waals surface area contributed by atoms with Crippen LogP contribution < -0.4 is 26.0 Å². The first-order chi connectivity index (χ1) is 26.5. The molecule has 0 aliphatic heterocycles. The number of rotatable bonds is 11. The molecular formula is C33H34Cl2N14O6. The van der Waals surface area contributed by atoms with Crippen molar-refractivity contribution in [1.82, 2.24) is 49.9 Å². The Kier molecular flexibility index (Phi) is 13.4. The lowest BCUT2D eigenvalue weighted by molar-refractivity contribution is 0.117. The quantitative estimate of drug-likeness (QED) is 0.104. The van der Waals surface area contributed by atoms with Gasteiger partial charge in [0.05, 0.1) is 114 Å². The summed E-state index contributed by atoms with van der Waals surface area (Å²) in [5, 5.41) is 37.0. The van der Waals surface area contributed by atoms with E-state index >= 15 is 0 Å². The van der Waals surface area contributed by atoms with Gasteiger partial charge >= 0.3 is 12.1 Å². The molecule has 6 aromatic heterocycles. The second kappa shape index (κ2) is 18.5. The molecule has 5 N–H and O–H groups in total. The van der Waals surface area contributed by atoms with E-state index in [1.807, 2.05) is 6.92 Å². The Hall–Kier alpha value is -6.48. The van der Waals surface area contributed by atoms with Crippen molar-refractivity contribution in [1.29, 1.82) is 0 Å². The summed E-state index contributed by atoms with van der Waals surface area (Å²) in [6.45, 7) is 3.58. The summed E-state index contributed by atoms with van der Waals surface area (Å²) in [5.74, 6) is 1.11. The first-order valence-electron chi connectivity index (χ1n) is 16.0. The minimum Gasteiger partial charge on any atom is -0.506 e. The number of hydrogen-bond acceptors (Lipinski definition) is 14. The summed E-state index contributed by atoms with van der Waals surface area (Å²) < 4.78 is 15.9. The number of halogens is 2. The van der Waals surface area contributed by atoms with E-state index in [1.54, 1.807) is 26.3 Å². The third-order valence-corrected chi connectivity index (χ3v) is 8.09. The van der Waals surface area contributed by atoms with Crippen LogP contribution in [0.25, 0.3) is 11.6 Å². The summed E-state index contributed by atoms with van der Waals surface area (Å²) in [6, 6.07) is 2.01. The normalized spacial score (nSPS) is 11.8. The molecule has 6 rings (SSSR count). The van der Waals surface area contributed by atoms with Crippen molar-refractivity contribution in [2.45, 2.75) is 26.1 Å². The Morgan fingerprint density at radius 3 is 1.53 bits per heavy atom. The minimum absolute atomic E-state index is 0.0806. The molecular weight excluding hydrogens is 759 g/mol. The number of aromatic nitrogens is 10. The van der Waals surface area contributed by atoms with Crippen molar-refractivity contribution in [3.8, 4) is 23.1 Å². The van der Waals surface area contributed by atoms with Crippen LogP contribution in [0.2, 0.25) is 10.0 Å². The number of pyridine rings is 4. The molecule has 0 saturated carbocycles. The monoisotopic (exact) mass is 792 g/mol. The van der Waals surface area contributed by atoms with E-state index in [0.717, 1.165) is 0 Å². The fourth-order valence-electron chi connectivity index (χ4n) is 4.87. The van der Waals surface area contributed by atoms with Crippen LogP contribution in [0.15, 0.2) is 74.1 Å². The summed E-state index contributed by atoms with van der Waals surface area (Å²) in [7, 11) is 4.59. The van der Waals surface area contributed by atoms with E-state index in [4.69, 9.17) is 37.4 Å². The Bertz CT molecular complexity index is 2230. The van der Waals surface area contributed by atoms with Gasteiger partial charge in [0.2, 0.25) is 0 Å².